The number of piperidine rings is 1. The molecule has 1 aliphatic heterocycles. The standard InChI is InChI=1S/C16H22N2O3/c1-12(16(20)21)17-15(19)14-8-5-9-18(11-14)10-13-6-3-2-4-7-13/h2-4,6-7,12,14H,5,8-11H2,1H3,(H,17,19)(H,20,21)/t12-,14+/m0/s1. The minimum atomic E-state index is -1.000. The van der Waals surface area contributed by atoms with E-state index in [1.54, 1.807) is 0 Å². The van der Waals surface area contributed by atoms with Gasteiger partial charge in [0.15, 0.2) is 0 Å². The van der Waals surface area contributed by atoms with Gasteiger partial charge < -0.3 is 10.4 Å². The molecule has 5 nitrogen and oxygen atoms in total. The second-order valence-electron chi connectivity index (χ2n) is 5.63. The molecule has 0 aliphatic carbocycles. The summed E-state index contributed by atoms with van der Waals surface area (Å²) in [6, 6.07) is 9.34. The normalized spacial score (nSPS) is 20.7. The number of likely N-dealkylation sites (tertiary alicyclic amines) is 1. The maximum atomic E-state index is 12.1. The molecule has 0 saturated carbocycles. The van der Waals surface area contributed by atoms with Crippen molar-refractivity contribution >= 4 is 11.9 Å². The van der Waals surface area contributed by atoms with Gasteiger partial charge in [0.2, 0.25) is 5.91 Å². The summed E-state index contributed by atoms with van der Waals surface area (Å²) in [5.41, 5.74) is 1.23. The molecule has 5 heteroatoms. The predicted molar refractivity (Wildman–Crippen MR) is 79.7 cm³/mol. The predicted octanol–water partition coefficient (Wildman–Crippen LogP) is 1.49. The summed E-state index contributed by atoms with van der Waals surface area (Å²) in [6.45, 7) is 3.99. The number of carbonyl (C=O) groups is 2. The van der Waals surface area contributed by atoms with Crippen LogP contribution in [0, 0.1) is 5.92 Å². The zero-order chi connectivity index (χ0) is 15.2. The van der Waals surface area contributed by atoms with E-state index >= 15 is 0 Å². The first-order valence-electron chi connectivity index (χ1n) is 7.35. The summed E-state index contributed by atoms with van der Waals surface area (Å²) in [5, 5.41) is 11.4. The van der Waals surface area contributed by atoms with Gasteiger partial charge in [0, 0.05) is 13.1 Å². The Morgan fingerprint density at radius 2 is 2.10 bits per heavy atom. The Hall–Kier alpha value is -1.88. The number of hydrogen-bond donors (Lipinski definition) is 2. The van der Waals surface area contributed by atoms with Crippen LogP contribution < -0.4 is 5.32 Å². The smallest absolute Gasteiger partial charge is 0.325 e. The van der Waals surface area contributed by atoms with Crippen LogP contribution >= 0.6 is 0 Å². The molecule has 0 aromatic heterocycles. The molecule has 1 aromatic carbocycles. The quantitative estimate of drug-likeness (QED) is 0.862. The monoisotopic (exact) mass is 290 g/mol. The van der Waals surface area contributed by atoms with Gasteiger partial charge in [-0.3, -0.25) is 14.5 Å². The summed E-state index contributed by atoms with van der Waals surface area (Å²) in [5.74, 6) is -1.27. The lowest BCUT2D eigenvalue weighted by Gasteiger charge is -2.32. The Morgan fingerprint density at radius 1 is 1.38 bits per heavy atom. The third-order valence-electron chi connectivity index (χ3n) is 3.85. The van der Waals surface area contributed by atoms with Gasteiger partial charge in [-0.2, -0.15) is 0 Å². The minimum absolute atomic E-state index is 0.121. The van der Waals surface area contributed by atoms with E-state index in [1.807, 2.05) is 18.2 Å². The number of amides is 1. The summed E-state index contributed by atoms with van der Waals surface area (Å²) in [7, 11) is 0. The largest absolute Gasteiger partial charge is 0.480 e. The highest BCUT2D eigenvalue weighted by Gasteiger charge is 2.27. The number of carboxylic acid groups (broad SMARTS) is 1. The highest BCUT2D eigenvalue weighted by Crippen LogP contribution is 2.19. The molecule has 0 spiro atoms. The lowest BCUT2D eigenvalue weighted by Crippen LogP contribution is -2.47. The number of benzene rings is 1. The van der Waals surface area contributed by atoms with Crippen LogP contribution in [0.4, 0.5) is 0 Å². The lowest BCUT2D eigenvalue weighted by molar-refractivity contribution is -0.142. The van der Waals surface area contributed by atoms with Gasteiger partial charge in [0.05, 0.1) is 5.92 Å². The summed E-state index contributed by atoms with van der Waals surface area (Å²) < 4.78 is 0. The molecule has 1 aliphatic rings. The van der Waals surface area contributed by atoms with Gasteiger partial charge in [-0.05, 0) is 31.9 Å². The van der Waals surface area contributed by atoms with E-state index in [9.17, 15) is 9.59 Å². The maximum absolute atomic E-state index is 12.1. The average molecular weight is 290 g/mol. The lowest BCUT2D eigenvalue weighted by atomic mass is 9.96. The van der Waals surface area contributed by atoms with E-state index in [4.69, 9.17) is 5.11 Å². The molecule has 2 atom stereocenters. The molecular weight excluding hydrogens is 268 g/mol. The van der Waals surface area contributed by atoms with Gasteiger partial charge in [-0.15, -0.1) is 0 Å². The SMILES string of the molecule is C[C@H](NC(=O)[C@@H]1CCCN(Cc2ccccc2)C1)C(=O)O. The van der Waals surface area contributed by atoms with Crippen LogP contribution in [0.3, 0.4) is 0 Å². The Morgan fingerprint density at radius 3 is 2.76 bits per heavy atom. The molecule has 1 fully saturated rings. The van der Waals surface area contributed by atoms with Crippen LogP contribution in [-0.4, -0.2) is 41.0 Å². The van der Waals surface area contributed by atoms with Crippen molar-refractivity contribution in [3.8, 4) is 0 Å². The van der Waals surface area contributed by atoms with Crippen molar-refractivity contribution in [2.75, 3.05) is 13.1 Å². The van der Waals surface area contributed by atoms with E-state index in [0.717, 1.165) is 25.9 Å². The fraction of sp³-hybridized carbons (Fsp3) is 0.500. The zero-order valence-corrected chi connectivity index (χ0v) is 12.3. The Bertz CT molecular complexity index is 490. The highest BCUT2D eigenvalue weighted by atomic mass is 16.4. The van der Waals surface area contributed by atoms with Crippen molar-refractivity contribution in [3.05, 3.63) is 35.9 Å². The first-order chi connectivity index (χ1) is 10.1. The number of rotatable bonds is 5. The number of hydrogen-bond acceptors (Lipinski definition) is 3. The fourth-order valence-electron chi connectivity index (χ4n) is 2.65. The van der Waals surface area contributed by atoms with Gasteiger partial charge >= 0.3 is 5.97 Å². The van der Waals surface area contributed by atoms with Crippen molar-refractivity contribution in [2.24, 2.45) is 5.92 Å². The molecule has 2 N–H and O–H groups in total. The maximum Gasteiger partial charge on any atom is 0.325 e. The first-order valence-corrected chi connectivity index (χ1v) is 7.35. The minimum Gasteiger partial charge on any atom is -0.480 e. The molecule has 0 unspecified atom stereocenters. The fourth-order valence-corrected chi connectivity index (χ4v) is 2.65. The van der Waals surface area contributed by atoms with E-state index in [-0.39, 0.29) is 11.8 Å². The van der Waals surface area contributed by atoms with Gasteiger partial charge in [-0.1, -0.05) is 30.3 Å². The Labute approximate surface area is 125 Å². The van der Waals surface area contributed by atoms with E-state index in [0.29, 0.717) is 6.54 Å². The van der Waals surface area contributed by atoms with E-state index in [1.165, 1.54) is 12.5 Å². The third kappa shape index (κ3) is 4.56. The van der Waals surface area contributed by atoms with Crippen LogP contribution in [0.1, 0.15) is 25.3 Å². The zero-order valence-electron chi connectivity index (χ0n) is 12.3. The van der Waals surface area contributed by atoms with Crippen LogP contribution in [0.5, 0.6) is 0 Å². The van der Waals surface area contributed by atoms with Crippen LogP contribution in [0.2, 0.25) is 0 Å². The molecule has 1 saturated heterocycles. The van der Waals surface area contributed by atoms with Gasteiger partial charge in [0.1, 0.15) is 6.04 Å². The molecule has 1 heterocycles. The summed E-state index contributed by atoms with van der Waals surface area (Å²) in [6.07, 6.45) is 1.79. The highest BCUT2D eigenvalue weighted by molar-refractivity contribution is 5.84. The van der Waals surface area contributed by atoms with Crippen molar-refractivity contribution in [1.29, 1.82) is 0 Å². The molecular formula is C16H22N2O3. The third-order valence-corrected chi connectivity index (χ3v) is 3.85. The van der Waals surface area contributed by atoms with E-state index < -0.39 is 12.0 Å². The first kappa shape index (κ1) is 15.5. The number of carbonyl (C=O) groups excluding carboxylic acids is 1. The van der Waals surface area contributed by atoms with Gasteiger partial charge in [-0.25, -0.2) is 0 Å². The molecule has 21 heavy (non-hydrogen) atoms. The Kier molecular flexibility index (Phi) is 5.33. The summed E-state index contributed by atoms with van der Waals surface area (Å²) in [4.78, 5) is 25.2. The Balaban J connectivity index is 1.88. The number of nitrogens with zero attached hydrogens (tertiary/aromatic N) is 1. The second-order valence-corrected chi connectivity index (χ2v) is 5.63. The molecule has 114 valence electrons. The molecule has 1 amide bonds. The van der Waals surface area contributed by atoms with Crippen LogP contribution in [-0.2, 0) is 16.1 Å². The topological polar surface area (TPSA) is 69.6 Å². The molecule has 2 rings (SSSR count). The van der Waals surface area contributed by atoms with Crippen LogP contribution in [0.15, 0.2) is 30.3 Å². The molecule has 0 bridgehead atoms. The number of aliphatic carboxylic acids is 1. The molecule has 0 radical (unpaired) electrons. The van der Waals surface area contributed by atoms with Crippen molar-refractivity contribution in [3.63, 3.8) is 0 Å². The number of carboxylic acids is 1. The van der Waals surface area contributed by atoms with Crippen LogP contribution in [0.25, 0.3) is 0 Å². The molecule has 1 aromatic rings. The van der Waals surface area contributed by atoms with Crippen molar-refractivity contribution < 1.29 is 14.7 Å². The summed E-state index contributed by atoms with van der Waals surface area (Å²) >= 11 is 0. The van der Waals surface area contributed by atoms with Crippen molar-refractivity contribution in [2.45, 2.75) is 32.4 Å². The van der Waals surface area contributed by atoms with Gasteiger partial charge in [0.25, 0.3) is 0 Å². The van der Waals surface area contributed by atoms with E-state index in [2.05, 4.69) is 22.3 Å². The average Bonchev–Trinajstić information content (AvgIpc) is 2.48. The second kappa shape index (κ2) is 7.22. The number of nitrogens with one attached hydrogen (secondary N) is 1. The van der Waals surface area contributed by atoms with Crippen molar-refractivity contribution in [1.82, 2.24) is 10.2 Å².